The lowest BCUT2D eigenvalue weighted by molar-refractivity contribution is -0.198. The van der Waals surface area contributed by atoms with Gasteiger partial charge in [0.1, 0.15) is 6.04 Å². The van der Waals surface area contributed by atoms with Crippen molar-refractivity contribution in [2.24, 2.45) is 5.73 Å². The van der Waals surface area contributed by atoms with Crippen LogP contribution in [0.25, 0.3) is 0 Å². The standard InChI is InChI=1S/C12H12N2O4/c13-11(8-4-2-1-3-5-8)12(17)18-14-9(15)6-7-10(14)16/h1-5,11H,6-7,13H2/t11-/m0/s1. The minimum absolute atomic E-state index is 0.0622. The molecule has 0 radical (unpaired) electrons. The van der Waals surface area contributed by atoms with Gasteiger partial charge in [-0.3, -0.25) is 9.59 Å². The molecule has 1 heterocycles. The molecule has 1 aromatic rings. The van der Waals surface area contributed by atoms with Crippen LogP contribution in [0.15, 0.2) is 30.3 Å². The van der Waals surface area contributed by atoms with Crippen molar-refractivity contribution in [1.29, 1.82) is 0 Å². The summed E-state index contributed by atoms with van der Waals surface area (Å²) >= 11 is 0. The van der Waals surface area contributed by atoms with Crippen molar-refractivity contribution >= 4 is 17.8 Å². The Morgan fingerprint density at radius 1 is 1.17 bits per heavy atom. The van der Waals surface area contributed by atoms with Crippen molar-refractivity contribution in [3.05, 3.63) is 35.9 Å². The molecule has 1 aromatic carbocycles. The second kappa shape index (κ2) is 4.97. The van der Waals surface area contributed by atoms with Gasteiger partial charge in [0.15, 0.2) is 0 Å². The highest BCUT2D eigenvalue weighted by Gasteiger charge is 2.34. The first-order valence-electron chi connectivity index (χ1n) is 5.47. The van der Waals surface area contributed by atoms with Gasteiger partial charge in [-0.25, -0.2) is 4.79 Å². The zero-order valence-corrected chi connectivity index (χ0v) is 9.54. The molecule has 0 bridgehead atoms. The Kier molecular flexibility index (Phi) is 3.38. The van der Waals surface area contributed by atoms with E-state index in [0.29, 0.717) is 10.6 Å². The zero-order valence-electron chi connectivity index (χ0n) is 9.54. The van der Waals surface area contributed by atoms with E-state index in [-0.39, 0.29) is 12.8 Å². The average molecular weight is 248 g/mol. The van der Waals surface area contributed by atoms with Crippen LogP contribution in [0.5, 0.6) is 0 Å². The Bertz CT molecular complexity index is 470. The van der Waals surface area contributed by atoms with E-state index in [4.69, 9.17) is 10.6 Å². The number of rotatable bonds is 3. The summed E-state index contributed by atoms with van der Waals surface area (Å²) in [7, 11) is 0. The maximum atomic E-state index is 11.7. The average Bonchev–Trinajstić information content (AvgIpc) is 2.70. The molecule has 2 amide bonds. The fourth-order valence-electron chi connectivity index (χ4n) is 1.60. The van der Waals surface area contributed by atoms with Gasteiger partial charge >= 0.3 is 5.97 Å². The third kappa shape index (κ3) is 2.38. The first-order valence-corrected chi connectivity index (χ1v) is 5.47. The molecule has 0 aromatic heterocycles. The summed E-state index contributed by atoms with van der Waals surface area (Å²) in [5.41, 5.74) is 6.24. The summed E-state index contributed by atoms with van der Waals surface area (Å²) in [5, 5.41) is 0.491. The molecule has 0 saturated carbocycles. The third-order valence-electron chi connectivity index (χ3n) is 2.60. The van der Waals surface area contributed by atoms with Crippen molar-refractivity contribution < 1.29 is 19.2 Å². The highest BCUT2D eigenvalue weighted by molar-refractivity contribution is 6.01. The molecule has 94 valence electrons. The number of nitrogens with zero attached hydrogens (tertiary/aromatic N) is 1. The molecule has 1 atom stereocenters. The molecule has 0 unspecified atom stereocenters. The van der Waals surface area contributed by atoms with Crippen LogP contribution in [-0.2, 0) is 19.2 Å². The van der Waals surface area contributed by atoms with Crippen LogP contribution in [0.2, 0.25) is 0 Å². The molecular formula is C12H12N2O4. The molecule has 1 aliphatic rings. The van der Waals surface area contributed by atoms with E-state index >= 15 is 0 Å². The SMILES string of the molecule is N[C@H](C(=O)ON1C(=O)CCC1=O)c1ccccc1. The number of benzene rings is 1. The number of hydrogen-bond donors (Lipinski definition) is 1. The van der Waals surface area contributed by atoms with Crippen molar-refractivity contribution in [2.45, 2.75) is 18.9 Å². The summed E-state index contributed by atoms with van der Waals surface area (Å²) in [6.07, 6.45) is 0.124. The number of nitrogens with two attached hydrogens (primary N) is 1. The van der Waals surface area contributed by atoms with Gasteiger partial charge in [0.25, 0.3) is 11.8 Å². The van der Waals surface area contributed by atoms with E-state index in [2.05, 4.69) is 0 Å². The second-order valence-electron chi connectivity index (χ2n) is 3.88. The Morgan fingerprint density at radius 3 is 2.28 bits per heavy atom. The van der Waals surface area contributed by atoms with E-state index in [1.54, 1.807) is 30.3 Å². The van der Waals surface area contributed by atoms with Crippen molar-refractivity contribution in [2.75, 3.05) is 0 Å². The van der Waals surface area contributed by atoms with Crippen LogP contribution >= 0.6 is 0 Å². The van der Waals surface area contributed by atoms with Gasteiger partial charge in [-0.05, 0) is 5.56 Å². The Labute approximate surface area is 103 Å². The van der Waals surface area contributed by atoms with Crippen LogP contribution in [0.1, 0.15) is 24.4 Å². The second-order valence-corrected chi connectivity index (χ2v) is 3.88. The first kappa shape index (κ1) is 12.3. The molecule has 18 heavy (non-hydrogen) atoms. The zero-order chi connectivity index (χ0) is 13.1. The van der Waals surface area contributed by atoms with Crippen LogP contribution in [0.4, 0.5) is 0 Å². The molecular weight excluding hydrogens is 236 g/mol. The minimum Gasteiger partial charge on any atom is -0.328 e. The molecule has 2 N–H and O–H groups in total. The van der Waals surface area contributed by atoms with E-state index in [1.807, 2.05) is 0 Å². The predicted octanol–water partition coefficient (Wildman–Crippen LogP) is 0.294. The summed E-state index contributed by atoms with van der Waals surface area (Å²) in [5.74, 6) is -1.87. The lowest BCUT2D eigenvalue weighted by Gasteiger charge is -2.16. The molecule has 2 rings (SSSR count). The van der Waals surface area contributed by atoms with Crippen LogP contribution in [0.3, 0.4) is 0 Å². The summed E-state index contributed by atoms with van der Waals surface area (Å²) < 4.78 is 0. The van der Waals surface area contributed by atoms with Gasteiger partial charge in [0, 0.05) is 12.8 Å². The number of imide groups is 1. The molecule has 6 heteroatoms. The Balaban J connectivity index is 2.04. The third-order valence-corrected chi connectivity index (χ3v) is 2.60. The summed E-state index contributed by atoms with van der Waals surface area (Å²) in [6.45, 7) is 0. The Morgan fingerprint density at radius 2 is 1.72 bits per heavy atom. The predicted molar refractivity (Wildman–Crippen MR) is 60.5 cm³/mol. The fourth-order valence-corrected chi connectivity index (χ4v) is 1.60. The van der Waals surface area contributed by atoms with Gasteiger partial charge in [0.05, 0.1) is 0 Å². The van der Waals surface area contributed by atoms with Gasteiger partial charge < -0.3 is 10.6 Å². The van der Waals surface area contributed by atoms with E-state index in [9.17, 15) is 14.4 Å². The van der Waals surface area contributed by atoms with Crippen molar-refractivity contribution in [1.82, 2.24) is 5.06 Å². The van der Waals surface area contributed by atoms with E-state index in [1.165, 1.54) is 0 Å². The van der Waals surface area contributed by atoms with E-state index < -0.39 is 23.8 Å². The number of amides is 2. The molecule has 0 spiro atoms. The van der Waals surface area contributed by atoms with Crippen LogP contribution < -0.4 is 5.73 Å². The normalized spacial score (nSPS) is 16.8. The maximum absolute atomic E-state index is 11.7. The van der Waals surface area contributed by atoms with Gasteiger partial charge in [-0.2, -0.15) is 0 Å². The fraction of sp³-hybridized carbons (Fsp3) is 0.250. The molecule has 1 aliphatic heterocycles. The topological polar surface area (TPSA) is 89.7 Å². The Hall–Kier alpha value is -2.21. The number of hydroxylamine groups is 2. The smallest absolute Gasteiger partial charge is 0.328 e. The van der Waals surface area contributed by atoms with Crippen molar-refractivity contribution in [3.63, 3.8) is 0 Å². The van der Waals surface area contributed by atoms with Gasteiger partial charge in [-0.15, -0.1) is 5.06 Å². The number of carbonyl (C=O) groups is 3. The summed E-state index contributed by atoms with van der Waals surface area (Å²) in [6, 6.07) is 7.56. The van der Waals surface area contributed by atoms with Crippen LogP contribution in [0, 0.1) is 0 Å². The number of carbonyl (C=O) groups excluding carboxylic acids is 3. The monoisotopic (exact) mass is 248 g/mol. The quantitative estimate of drug-likeness (QED) is 0.777. The summed E-state index contributed by atoms with van der Waals surface area (Å²) in [4.78, 5) is 39.0. The first-order chi connectivity index (χ1) is 8.59. The highest BCUT2D eigenvalue weighted by atomic mass is 16.7. The lowest BCUT2D eigenvalue weighted by atomic mass is 10.1. The van der Waals surface area contributed by atoms with Gasteiger partial charge in [-0.1, -0.05) is 30.3 Å². The van der Waals surface area contributed by atoms with Gasteiger partial charge in [0.2, 0.25) is 0 Å². The molecule has 1 fully saturated rings. The number of hydrogen-bond acceptors (Lipinski definition) is 5. The van der Waals surface area contributed by atoms with Crippen LogP contribution in [-0.4, -0.2) is 22.8 Å². The van der Waals surface area contributed by atoms with E-state index in [0.717, 1.165) is 0 Å². The molecule has 1 saturated heterocycles. The highest BCUT2D eigenvalue weighted by Crippen LogP contribution is 2.16. The van der Waals surface area contributed by atoms with Crippen molar-refractivity contribution in [3.8, 4) is 0 Å². The molecule has 6 nitrogen and oxygen atoms in total. The maximum Gasteiger partial charge on any atom is 0.354 e. The minimum atomic E-state index is -1.02. The molecule has 0 aliphatic carbocycles. The lowest BCUT2D eigenvalue weighted by Crippen LogP contribution is -2.36. The largest absolute Gasteiger partial charge is 0.354 e.